The van der Waals surface area contributed by atoms with Crippen molar-refractivity contribution in [2.24, 2.45) is 5.10 Å². The standard InChI is InChI=1S/C20H22N4O4/c1-20(2,3)16-10-8-14(9-11-16)19(26)21-13-18(25)23-22-12-15-6-4-5-7-17(15)24(27)28/h4-12H,13H2,1-3H3,(H,21,26)(H,23,25)/b22-12+. The summed E-state index contributed by atoms with van der Waals surface area (Å²) in [7, 11) is 0. The van der Waals surface area contributed by atoms with Crippen LogP contribution in [0, 0.1) is 10.1 Å². The van der Waals surface area contributed by atoms with Crippen LogP contribution in [0.4, 0.5) is 5.69 Å². The molecule has 2 rings (SSSR count). The number of nitrogens with one attached hydrogen (secondary N) is 2. The first-order valence-corrected chi connectivity index (χ1v) is 8.62. The molecular weight excluding hydrogens is 360 g/mol. The van der Waals surface area contributed by atoms with Gasteiger partial charge < -0.3 is 5.32 Å². The van der Waals surface area contributed by atoms with E-state index >= 15 is 0 Å². The van der Waals surface area contributed by atoms with E-state index < -0.39 is 10.8 Å². The predicted molar refractivity (Wildman–Crippen MR) is 106 cm³/mol. The largest absolute Gasteiger partial charge is 0.343 e. The number of carbonyl (C=O) groups is 2. The Bertz CT molecular complexity index is 899. The molecule has 0 spiro atoms. The van der Waals surface area contributed by atoms with E-state index in [2.05, 4.69) is 36.6 Å². The summed E-state index contributed by atoms with van der Waals surface area (Å²) in [5.41, 5.74) is 3.91. The van der Waals surface area contributed by atoms with Crippen molar-refractivity contribution in [1.82, 2.24) is 10.7 Å². The van der Waals surface area contributed by atoms with Crippen molar-refractivity contribution in [1.29, 1.82) is 0 Å². The fraction of sp³-hybridized carbons (Fsp3) is 0.250. The van der Waals surface area contributed by atoms with Crippen LogP contribution in [0.1, 0.15) is 42.3 Å². The fourth-order valence-electron chi connectivity index (χ4n) is 2.36. The van der Waals surface area contributed by atoms with Crippen LogP contribution in [0.2, 0.25) is 0 Å². The number of nitro benzene ring substituents is 1. The van der Waals surface area contributed by atoms with E-state index in [0.29, 0.717) is 5.56 Å². The lowest BCUT2D eigenvalue weighted by Crippen LogP contribution is -2.34. The molecule has 2 aromatic carbocycles. The summed E-state index contributed by atoms with van der Waals surface area (Å²) in [5, 5.41) is 17.1. The van der Waals surface area contributed by atoms with E-state index in [0.717, 1.165) is 5.56 Å². The monoisotopic (exact) mass is 382 g/mol. The number of hydrogen-bond acceptors (Lipinski definition) is 5. The quantitative estimate of drug-likeness (QED) is 0.454. The zero-order valence-electron chi connectivity index (χ0n) is 15.9. The third-order valence-corrected chi connectivity index (χ3v) is 3.95. The average Bonchev–Trinajstić information content (AvgIpc) is 2.65. The van der Waals surface area contributed by atoms with Crippen molar-refractivity contribution >= 4 is 23.7 Å². The molecule has 2 aromatic rings. The number of hydrogen-bond donors (Lipinski definition) is 2. The van der Waals surface area contributed by atoms with E-state index in [1.807, 2.05) is 12.1 Å². The zero-order valence-corrected chi connectivity index (χ0v) is 15.9. The number of para-hydroxylation sites is 1. The third-order valence-electron chi connectivity index (χ3n) is 3.95. The Morgan fingerprint density at radius 2 is 1.75 bits per heavy atom. The minimum atomic E-state index is -0.547. The number of amides is 2. The van der Waals surface area contributed by atoms with Gasteiger partial charge in [0.15, 0.2) is 0 Å². The summed E-state index contributed by atoms with van der Waals surface area (Å²) < 4.78 is 0. The highest BCUT2D eigenvalue weighted by Gasteiger charge is 2.14. The molecule has 146 valence electrons. The van der Waals surface area contributed by atoms with Gasteiger partial charge in [-0.25, -0.2) is 5.43 Å². The maximum atomic E-state index is 12.1. The van der Waals surface area contributed by atoms with Gasteiger partial charge in [0.05, 0.1) is 23.2 Å². The second-order valence-electron chi connectivity index (χ2n) is 7.12. The molecule has 0 aliphatic heterocycles. The summed E-state index contributed by atoms with van der Waals surface area (Å²) >= 11 is 0. The molecule has 0 saturated carbocycles. The van der Waals surface area contributed by atoms with Gasteiger partial charge >= 0.3 is 0 Å². The molecule has 0 radical (unpaired) electrons. The Morgan fingerprint density at radius 1 is 1.11 bits per heavy atom. The van der Waals surface area contributed by atoms with Gasteiger partial charge in [-0.05, 0) is 29.2 Å². The van der Waals surface area contributed by atoms with Crippen LogP contribution < -0.4 is 10.7 Å². The smallest absolute Gasteiger partial charge is 0.278 e. The second-order valence-corrected chi connectivity index (χ2v) is 7.12. The van der Waals surface area contributed by atoms with E-state index in [1.165, 1.54) is 24.4 Å². The molecule has 0 saturated heterocycles. The summed E-state index contributed by atoms with van der Waals surface area (Å²) in [6, 6.07) is 13.2. The van der Waals surface area contributed by atoms with Crippen LogP contribution in [-0.4, -0.2) is 29.5 Å². The van der Waals surface area contributed by atoms with Crippen molar-refractivity contribution in [3.8, 4) is 0 Å². The molecule has 0 fully saturated rings. The minimum Gasteiger partial charge on any atom is -0.343 e. The van der Waals surface area contributed by atoms with Crippen molar-refractivity contribution < 1.29 is 14.5 Å². The number of benzene rings is 2. The molecule has 0 atom stereocenters. The molecule has 0 aromatic heterocycles. The fourth-order valence-corrected chi connectivity index (χ4v) is 2.36. The van der Waals surface area contributed by atoms with Crippen LogP contribution in [0.15, 0.2) is 53.6 Å². The van der Waals surface area contributed by atoms with Gasteiger partial charge in [0.1, 0.15) is 0 Å². The van der Waals surface area contributed by atoms with Crippen molar-refractivity contribution in [2.75, 3.05) is 6.54 Å². The van der Waals surface area contributed by atoms with E-state index in [1.54, 1.807) is 18.2 Å². The number of hydrazone groups is 1. The number of carbonyl (C=O) groups excluding carboxylic acids is 2. The lowest BCUT2D eigenvalue weighted by atomic mass is 9.87. The Balaban J connectivity index is 1.87. The maximum absolute atomic E-state index is 12.1. The highest BCUT2D eigenvalue weighted by Crippen LogP contribution is 2.22. The van der Waals surface area contributed by atoms with Crippen molar-refractivity contribution in [3.63, 3.8) is 0 Å². The highest BCUT2D eigenvalue weighted by molar-refractivity contribution is 5.96. The van der Waals surface area contributed by atoms with Gasteiger partial charge in [0.2, 0.25) is 0 Å². The summed E-state index contributed by atoms with van der Waals surface area (Å²) in [6.45, 7) is 5.97. The minimum absolute atomic E-state index is 0.0132. The van der Waals surface area contributed by atoms with E-state index in [4.69, 9.17) is 0 Å². The Morgan fingerprint density at radius 3 is 2.36 bits per heavy atom. The predicted octanol–water partition coefficient (Wildman–Crippen LogP) is 2.77. The molecule has 8 nitrogen and oxygen atoms in total. The molecule has 0 aliphatic carbocycles. The molecule has 2 N–H and O–H groups in total. The number of nitrogens with zero attached hydrogens (tertiary/aromatic N) is 2. The maximum Gasteiger partial charge on any atom is 0.278 e. The van der Waals surface area contributed by atoms with Crippen LogP contribution in [-0.2, 0) is 10.2 Å². The van der Waals surface area contributed by atoms with Crippen molar-refractivity contribution in [3.05, 3.63) is 75.3 Å². The summed E-state index contributed by atoms with van der Waals surface area (Å²) in [5.74, 6) is -0.923. The number of nitro groups is 1. The van der Waals surface area contributed by atoms with Gasteiger partial charge in [-0.1, -0.05) is 45.0 Å². The van der Waals surface area contributed by atoms with Gasteiger partial charge in [-0.15, -0.1) is 0 Å². The van der Waals surface area contributed by atoms with Crippen LogP contribution >= 0.6 is 0 Å². The number of rotatable bonds is 6. The first-order chi connectivity index (χ1) is 13.2. The molecule has 28 heavy (non-hydrogen) atoms. The first-order valence-electron chi connectivity index (χ1n) is 8.62. The summed E-state index contributed by atoms with van der Waals surface area (Å²) in [6.07, 6.45) is 1.18. The lowest BCUT2D eigenvalue weighted by Gasteiger charge is -2.19. The zero-order chi connectivity index (χ0) is 20.7. The van der Waals surface area contributed by atoms with Gasteiger partial charge in [-0.3, -0.25) is 19.7 Å². The first kappa shape index (κ1) is 20.8. The molecule has 0 unspecified atom stereocenters. The van der Waals surface area contributed by atoms with E-state index in [-0.39, 0.29) is 29.1 Å². The topological polar surface area (TPSA) is 114 Å². The molecular formula is C20H22N4O4. The molecule has 2 amide bonds. The van der Waals surface area contributed by atoms with Crippen LogP contribution in [0.25, 0.3) is 0 Å². The average molecular weight is 382 g/mol. The molecule has 0 bridgehead atoms. The molecule has 0 aliphatic rings. The van der Waals surface area contributed by atoms with Gasteiger partial charge in [0, 0.05) is 11.6 Å². The summed E-state index contributed by atoms with van der Waals surface area (Å²) in [4.78, 5) is 34.3. The SMILES string of the molecule is CC(C)(C)c1ccc(C(=O)NCC(=O)N/N=C/c2ccccc2[N+](=O)[O-])cc1. The molecule has 0 heterocycles. The van der Waals surface area contributed by atoms with Gasteiger partial charge in [0.25, 0.3) is 17.5 Å². The van der Waals surface area contributed by atoms with Gasteiger partial charge in [-0.2, -0.15) is 5.10 Å². The Kier molecular flexibility index (Phi) is 6.59. The highest BCUT2D eigenvalue weighted by atomic mass is 16.6. The Hall–Kier alpha value is -3.55. The van der Waals surface area contributed by atoms with Crippen molar-refractivity contribution in [2.45, 2.75) is 26.2 Å². The lowest BCUT2D eigenvalue weighted by molar-refractivity contribution is -0.385. The normalized spacial score (nSPS) is 11.2. The third kappa shape index (κ3) is 5.73. The van der Waals surface area contributed by atoms with E-state index in [9.17, 15) is 19.7 Å². The van der Waals surface area contributed by atoms with Crippen LogP contribution in [0.3, 0.4) is 0 Å². The second kappa shape index (κ2) is 8.90. The molecule has 8 heteroatoms. The van der Waals surface area contributed by atoms with Crippen LogP contribution in [0.5, 0.6) is 0 Å². The Labute approximate surface area is 162 Å².